The van der Waals surface area contributed by atoms with E-state index in [0.29, 0.717) is 12.6 Å². The summed E-state index contributed by atoms with van der Waals surface area (Å²) in [5, 5.41) is 3.46. The van der Waals surface area contributed by atoms with Gasteiger partial charge in [0, 0.05) is 19.1 Å². The van der Waals surface area contributed by atoms with Crippen molar-refractivity contribution in [1.29, 1.82) is 0 Å². The van der Waals surface area contributed by atoms with Crippen molar-refractivity contribution in [2.75, 3.05) is 13.1 Å². The Morgan fingerprint density at radius 1 is 1.33 bits per heavy atom. The van der Waals surface area contributed by atoms with E-state index in [0.717, 1.165) is 25.1 Å². The Balaban J connectivity index is 2.59. The molecule has 0 amide bonds. The van der Waals surface area contributed by atoms with Gasteiger partial charge in [-0.15, -0.1) is 0 Å². The van der Waals surface area contributed by atoms with Crippen LogP contribution in [-0.4, -0.2) is 25.2 Å². The molecule has 1 aromatic rings. The van der Waals surface area contributed by atoms with Gasteiger partial charge in [0.25, 0.3) is 0 Å². The second-order valence-electron chi connectivity index (χ2n) is 4.87. The Hall–Kier alpha value is -1.06. The predicted molar refractivity (Wildman–Crippen MR) is 77.0 cm³/mol. The van der Waals surface area contributed by atoms with Crippen molar-refractivity contribution in [2.45, 2.75) is 45.8 Å². The van der Waals surface area contributed by atoms with Crippen molar-refractivity contribution in [3.05, 3.63) is 29.8 Å². The molecule has 0 aliphatic carbocycles. The highest BCUT2D eigenvalue weighted by molar-refractivity contribution is 5.29. The zero-order valence-corrected chi connectivity index (χ0v) is 11.8. The second-order valence-corrected chi connectivity index (χ2v) is 4.87. The third kappa shape index (κ3) is 5.52. The maximum absolute atomic E-state index is 5.71. The molecular formula is C15H26N2O. The Morgan fingerprint density at radius 3 is 2.72 bits per heavy atom. The van der Waals surface area contributed by atoms with E-state index >= 15 is 0 Å². The number of hydrogen-bond acceptors (Lipinski definition) is 3. The molecule has 3 heteroatoms. The lowest BCUT2D eigenvalue weighted by atomic mass is 10.0. The Bertz CT molecular complexity index is 339. The molecule has 0 fully saturated rings. The van der Waals surface area contributed by atoms with Crippen LogP contribution in [0.25, 0.3) is 0 Å². The summed E-state index contributed by atoms with van der Waals surface area (Å²) in [7, 11) is 0. The van der Waals surface area contributed by atoms with E-state index < -0.39 is 0 Å². The number of hydrogen-bond donors (Lipinski definition) is 2. The summed E-state index contributed by atoms with van der Waals surface area (Å²) in [6.07, 6.45) is 2.35. The molecule has 1 rings (SSSR count). The third-order valence-corrected chi connectivity index (χ3v) is 2.82. The summed E-state index contributed by atoms with van der Waals surface area (Å²) in [6.45, 7) is 7.85. The summed E-state index contributed by atoms with van der Waals surface area (Å²) < 4.78 is 5.71. The maximum atomic E-state index is 5.71. The largest absolute Gasteiger partial charge is 0.491 e. The van der Waals surface area contributed by atoms with Gasteiger partial charge < -0.3 is 15.8 Å². The van der Waals surface area contributed by atoms with Crippen LogP contribution in [0, 0.1) is 0 Å². The minimum atomic E-state index is 0.220. The molecule has 0 aliphatic heterocycles. The van der Waals surface area contributed by atoms with Crippen molar-refractivity contribution < 1.29 is 4.74 Å². The highest BCUT2D eigenvalue weighted by Gasteiger charge is 2.07. The van der Waals surface area contributed by atoms with Crippen LogP contribution in [0.2, 0.25) is 0 Å². The van der Waals surface area contributed by atoms with E-state index in [1.54, 1.807) is 0 Å². The van der Waals surface area contributed by atoms with Crippen molar-refractivity contribution in [2.24, 2.45) is 5.73 Å². The van der Waals surface area contributed by atoms with Crippen molar-refractivity contribution in [1.82, 2.24) is 5.32 Å². The lowest BCUT2D eigenvalue weighted by Crippen LogP contribution is -2.34. The van der Waals surface area contributed by atoms with Gasteiger partial charge in [-0.1, -0.05) is 19.1 Å². The summed E-state index contributed by atoms with van der Waals surface area (Å²) in [5.41, 5.74) is 6.83. The molecule has 0 bridgehead atoms. The predicted octanol–water partition coefficient (Wildman–Crippen LogP) is 2.34. The third-order valence-electron chi connectivity index (χ3n) is 2.82. The molecule has 0 saturated heterocycles. The van der Waals surface area contributed by atoms with Gasteiger partial charge >= 0.3 is 0 Å². The molecule has 3 N–H and O–H groups in total. The quantitative estimate of drug-likeness (QED) is 0.744. The molecule has 102 valence electrons. The lowest BCUT2D eigenvalue weighted by molar-refractivity contribution is 0.242. The van der Waals surface area contributed by atoms with E-state index in [4.69, 9.17) is 10.5 Å². The van der Waals surface area contributed by atoms with Crippen molar-refractivity contribution in [3.8, 4) is 5.75 Å². The van der Waals surface area contributed by atoms with Gasteiger partial charge in [-0.3, -0.25) is 0 Å². The standard InChI is InChI=1S/C15H26N2O/c1-4-14(17-9-8-16)10-13-6-5-7-15(11-13)18-12(2)3/h5-7,11-12,14,17H,4,8-10,16H2,1-3H3. The minimum Gasteiger partial charge on any atom is -0.491 e. The van der Waals surface area contributed by atoms with Crippen molar-refractivity contribution >= 4 is 0 Å². The number of nitrogens with two attached hydrogens (primary N) is 1. The Morgan fingerprint density at radius 2 is 2.11 bits per heavy atom. The first-order valence-corrected chi connectivity index (χ1v) is 6.84. The average molecular weight is 250 g/mol. The molecule has 1 unspecified atom stereocenters. The molecule has 0 aromatic heterocycles. The maximum Gasteiger partial charge on any atom is 0.119 e. The zero-order valence-electron chi connectivity index (χ0n) is 11.8. The molecule has 0 radical (unpaired) electrons. The molecule has 0 heterocycles. The Kier molecular flexibility index (Phi) is 6.76. The number of benzene rings is 1. The van der Waals surface area contributed by atoms with Crippen LogP contribution >= 0.6 is 0 Å². The van der Waals surface area contributed by atoms with Crippen LogP contribution in [0.4, 0.5) is 0 Å². The second kappa shape index (κ2) is 8.11. The summed E-state index contributed by atoms with van der Waals surface area (Å²) in [6, 6.07) is 8.84. The molecule has 0 aliphatic rings. The van der Waals surface area contributed by atoms with Crippen LogP contribution < -0.4 is 15.8 Å². The Labute approximate surface area is 111 Å². The van der Waals surface area contributed by atoms with Gasteiger partial charge in [0.05, 0.1) is 6.10 Å². The first-order chi connectivity index (χ1) is 8.65. The van der Waals surface area contributed by atoms with Crippen molar-refractivity contribution in [3.63, 3.8) is 0 Å². The fraction of sp³-hybridized carbons (Fsp3) is 0.600. The van der Waals surface area contributed by atoms with E-state index in [1.165, 1.54) is 5.56 Å². The van der Waals surface area contributed by atoms with Gasteiger partial charge in [0.15, 0.2) is 0 Å². The molecule has 18 heavy (non-hydrogen) atoms. The van der Waals surface area contributed by atoms with Crippen LogP contribution in [-0.2, 0) is 6.42 Å². The smallest absolute Gasteiger partial charge is 0.119 e. The number of rotatable bonds is 8. The normalized spacial score (nSPS) is 12.7. The first-order valence-electron chi connectivity index (χ1n) is 6.84. The summed E-state index contributed by atoms with van der Waals surface area (Å²) in [5.74, 6) is 0.955. The molecule has 0 saturated carbocycles. The molecule has 0 spiro atoms. The van der Waals surface area contributed by atoms with Gasteiger partial charge in [0.2, 0.25) is 0 Å². The van der Waals surface area contributed by atoms with Gasteiger partial charge in [-0.25, -0.2) is 0 Å². The van der Waals surface area contributed by atoms with Gasteiger partial charge in [-0.05, 0) is 44.4 Å². The highest BCUT2D eigenvalue weighted by atomic mass is 16.5. The highest BCUT2D eigenvalue weighted by Crippen LogP contribution is 2.16. The number of nitrogens with one attached hydrogen (secondary N) is 1. The SMILES string of the molecule is CCC(Cc1cccc(OC(C)C)c1)NCCN. The average Bonchev–Trinajstić information content (AvgIpc) is 2.34. The lowest BCUT2D eigenvalue weighted by Gasteiger charge is -2.17. The van der Waals surface area contributed by atoms with Gasteiger partial charge in [-0.2, -0.15) is 0 Å². The summed E-state index contributed by atoms with van der Waals surface area (Å²) in [4.78, 5) is 0. The number of ether oxygens (including phenoxy) is 1. The fourth-order valence-electron chi connectivity index (χ4n) is 1.95. The topological polar surface area (TPSA) is 47.3 Å². The monoisotopic (exact) mass is 250 g/mol. The van der Waals surface area contributed by atoms with Crippen LogP contribution in [0.3, 0.4) is 0 Å². The van der Waals surface area contributed by atoms with E-state index in [9.17, 15) is 0 Å². The van der Waals surface area contributed by atoms with E-state index in [1.807, 2.05) is 19.9 Å². The van der Waals surface area contributed by atoms with Crippen LogP contribution in [0.1, 0.15) is 32.8 Å². The summed E-state index contributed by atoms with van der Waals surface area (Å²) >= 11 is 0. The van der Waals surface area contributed by atoms with Crippen LogP contribution in [0.15, 0.2) is 24.3 Å². The van der Waals surface area contributed by atoms with E-state index in [-0.39, 0.29) is 6.10 Å². The molecular weight excluding hydrogens is 224 g/mol. The van der Waals surface area contributed by atoms with Crippen LogP contribution in [0.5, 0.6) is 5.75 Å². The van der Waals surface area contributed by atoms with E-state index in [2.05, 4.69) is 30.4 Å². The first kappa shape index (κ1) is 15.0. The van der Waals surface area contributed by atoms with Gasteiger partial charge in [0.1, 0.15) is 5.75 Å². The fourth-order valence-corrected chi connectivity index (χ4v) is 1.95. The zero-order chi connectivity index (χ0) is 13.4. The molecule has 3 nitrogen and oxygen atoms in total. The molecule has 1 aromatic carbocycles. The minimum absolute atomic E-state index is 0.220. The molecule has 1 atom stereocenters.